The molecule has 0 saturated carbocycles. The Morgan fingerprint density at radius 3 is 2.84 bits per heavy atom. The van der Waals surface area contributed by atoms with Crippen LogP contribution in [0.1, 0.15) is 37.9 Å². The second-order valence-corrected chi connectivity index (χ2v) is 8.90. The van der Waals surface area contributed by atoms with E-state index in [1.165, 1.54) is 6.07 Å². The van der Waals surface area contributed by atoms with Gasteiger partial charge in [0.2, 0.25) is 0 Å². The number of hydrogen-bond donors (Lipinski definition) is 3. The Hall–Kier alpha value is -2.22. The van der Waals surface area contributed by atoms with E-state index >= 15 is 0 Å². The average molecular weight is 448 g/mol. The quantitative estimate of drug-likeness (QED) is 0.604. The lowest BCUT2D eigenvalue weighted by Crippen LogP contribution is -2.41. The molecule has 0 aliphatic carbocycles. The maximum absolute atomic E-state index is 14.4. The number of hydrazine groups is 1. The van der Waals surface area contributed by atoms with Gasteiger partial charge in [-0.2, -0.15) is 0 Å². The number of pyridine rings is 1. The van der Waals surface area contributed by atoms with E-state index in [-0.39, 0.29) is 28.9 Å². The van der Waals surface area contributed by atoms with Crippen LogP contribution in [-0.4, -0.2) is 28.6 Å². The maximum Gasteiger partial charge on any atom is 0.146 e. The predicted octanol–water partition coefficient (Wildman–Crippen LogP) is 4.61. The van der Waals surface area contributed by atoms with E-state index in [2.05, 4.69) is 33.0 Å². The Balaban J connectivity index is 1.36. The molecule has 4 rings (SSSR count). The van der Waals surface area contributed by atoms with E-state index in [1.54, 1.807) is 24.3 Å². The van der Waals surface area contributed by atoms with E-state index in [4.69, 9.17) is 11.6 Å². The summed E-state index contributed by atoms with van der Waals surface area (Å²) >= 11 is 5.92. The van der Waals surface area contributed by atoms with Crippen molar-refractivity contribution in [2.75, 3.05) is 11.9 Å². The molecule has 166 valence electrons. The molecule has 31 heavy (non-hydrogen) atoms. The first-order chi connectivity index (χ1) is 14.9. The number of benzene rings is 1. The van der Waals surface area contributed by atoms with Crippen LogP contribution in [0.5, 0.6) is 0 Å². The smallest absolute Gasteiger partial charge is 0.146 e. The number of likely N-dealkylation sites (tertiary alicyclic amines) is 1. The molecule has 1 saturated heterocycles. The zero-order valence-electron chi connectivity index (χ0n) is 17.8. The molecule has 2 aliphatic rings. The number of nitrogens with zero attached hydrogens (tertiary/aromatic N) is 2. The summed E-state index contributed by atoms with van der Waals surface area (Å²) in [7, 11) is 0. The van der Waals surface area contributed by atoms with Gasteiger partial charge >= 0.3 is 0 Å². The number of rotatable bonds is 6. The fourth-order valence-electron chi connectivity index (χ4n) is 4.37. The van der Waals surface area contributed by atoms with Crippen LogP contribution >= 0.6 is 11.6 Å². The third-order valence-corrected chi connectivity index (χ3v) is 6.36. The molecule has 3 atom stereocenters. The largest absolute Gasteiger partial charge is 0.350 e. The van der Waals surface area contributed by atoms with Crippen molar-refractivity contribution in [1.29, 1.82) is 0 Å². The van der Waals surface area contributed by atoms with Gasteiger partial charge in [-0.15, -0.1) is 0 Å². The lowest BCUT2D eigenvalue weighted by molar-refractivity contribution is 0.113. The van der Waals surface area contributed by atoms with E-state index in [0.29, 0.717) is 36.0 Å². The molecule has 3 heterocycles. The number of nitrogens with one attached hydrogen (secondary N) is 3. The molecular formula is C23H28ClF2N5. The predicted molar refractivity (Wildman–Crippen MR) is 119 cm³/mol. The molecule has 0 spiro atoms. The lowest BCUT2D eigenvalue weighted by Gasteiger charge is -2.37. The first-order valence-corrected chi connectivity index (χ1v) is 11.1. The molecule has 0 amide bonds. The Kier molecular flexibility index (Phi) is 6.74. The summed E-state index contributed by atoms with van der Waals surface area (Å²) in [5.74, 6) is 0.363. The maximum atomic E-state index is 14.4. The first-order valence-electron chi connectivity index (χ1n) is 10.7. The van der Waals surface area contributed by atoms with Gasteiger partial charge in [0.15, 0.2) is 0 Å². The van der Waals surface area contributed by atoms with Crippen LogP contribution in [0.2, 0.25) is 5.02 Å². The summed E-state index contributed by atoms with van der Waals surface area (Å²) in [4.78, 5) is 6.79. The van der Waals surface area contributed by atoms with Crippen LogP contribution in [0, 0.1) is 17.6 Å². The van der Waals surface area contributed by atoms with Gasteiger partial charge in [0.25, 0.3) is 0 Å². The topological polar surface area (TPSA) is 52.2 Å². The SMILES string of the molecule is CC1=CC(Nc2ccc(F)c(CC3CCN(Cc4cccc(Cl)c4F)[C@H](C)C3)n2)NN1. The van der Waals surface area contributed by atoms with Crippen LogP contribution in [0.3, 0.4) is 0 Å². The van der Waals surface area contributed by atoms with Gasteiger partial charge in [-0.25, -0.2) is 19.2 Å². The Bertz CT molecular complexity index is 967. The first kappa shape index (κ1) is 22.0. The molecule has 2 aliphatic heterocycles. The van der Waals surface area contributed by atoms with Gasteiger partial charge < -0.3 is 10.7 Å². The average Bonchev–Trinajstić information content (AvgIpc) is 3.14. The van der Waals surface area contributed by atoms with Crippen molar-refractivity contribution in [3.05, 3.63) is 70.0 Å². The van der Waals surface area contributed by atoms with Crippen LogP contribution < -0.4 is 16.2 Å². The van der Waals surface area contributed by atoms with Gasteiger partial charge in [0, 0.05) is 23.8 Å². The molecular weight excluding hydrogens is 420 g/mol. The van der Waals surface area contributed by atoms with Crippen LogP contribution in [-0.2, 0) is 13.0 Å². The minimum Gasteiger partial charge on any atom is -0.350 e. The minimum absolute atomic E-state index is 0.0824. The van der Waals surface area contributed by atoms with Gasteiger partial charge in [-0.05, 0) is 69.8 Å². The molecule has 3 N–H and O–H groups in total. The molecule has 1 aromatic heterocycles. The third kappa shape index (κ3) is 5.34. The van der Waals surface area contributed by atoms with Crippen LogP contribution in [0.4, 0.5) is 14.6 Å². The van der Waals surface area contributed by atoms with E-state index in [9.17, 15) is 8.78 Å². The fourth-order valence-corrected chi connectivity index (χ4v) is 4.57. The summed E-state index contributed by atoms with van der Waals surface area (Å²) in [5, 5.41) is 3.40. The number of allylic oxidation sites excluding steroid dienone is 1. The molecule has 5 nitrogen and oxygen atoms in total. The van der Waals surface area contributed by atoms with Crippen molar-refractivity contribution >= 4 is 17.4 Å². The Morgan fingerprint density at radius 2 is 2.10 bits per heavy atom. The number of piperidine rings is 1. The summed E-state index contributed by atoms with van der Waals surface area (Å²) < 4.78 is 28.7. The zero-order chi connectivity index (χ0) is 22.0. The molecule has 2 unspecified atom stereocenters. The summed E-state index contributed by atoms with van der Waals surface area (Å²) in [6.07, 6.45) is 4.35. The summed E-state index contributed by atoms with van der Waals surface area (Å²) in [6, 6.07) is 8.53. The van der Waals surface area contributed by atoms with Gasteiger partial charge in [0.05, 0.1) is 10.7 Å². The van der Waals surface area contributed by atoms with Crippen molar-refractivity contribution in [1.82, 2.24) is 20.7 Å². The second kappa shape index (κ2) is 9.51. The number of hydrogen-bond acceptors (Lipinski definition) is 5. The van der Waals surface area contributed by atoms with Crippen molar-refractivity contribution in [3.63, 3.8) is 0 Å². The highest BCUT2D eigenvalue weighted by Gasteiger charge is 2.27. The highest BCUT2D eigenvalue weighted by atomic mass is 35.5. The van der Waals surface area contributed by atoms with Gasteiger partial charge in [-0.3, -0.25) is 4.90 Å². The van der Waals surface area contributed by atoms with Gasteiger partial charge in [0.1, 0.15) is 23.6 Å². The van der Waals surface area contributed by atoms with Crippen LogP contribution in [0.25, 0.3) is 0 Å². The van der Waals surface area contributed by atoms with E-state index in [0.717, 1.165) is 25.1 Å². The number of aromatic nitrogens is 1. The van der Waals surface area contributed by atoms with Crippen molar-refractivity contribution in [2.24, 2.45) is 5.92 Å². The fraction of sp³-hybridized carbons (Fsp3) is 0.435. The normalized spacial score (nSPS) is 24.0. The highest BCUT2D eigenvalue weighted by molar-refractivity contribution is 6.30. The third-order valence-electron chi connectivity index (χ3n) is 6.07. The second-order valence-electron chi connectivity index (χ2n) is 8.49. The molecule has 8 heteroatoms. The van der Waals surface area contributed by atoms with E-state index in [1.807, 2.05) is 13.0 Å². The molecule has 0 bridgehead atoms. The molecule has 2 aromatic rings. The number of halogens is 3. The lowest BCUT2D eigenvalue weighted by atomic mass is 9.87. The van der Waals surface area contributed by atoms with Crippen molar-refractivity contribution in [3.8, 4) is 0 Å². The summed E-state index contributed by atoms with van der Waals surface area (Å²) in [6.45, 7) is 5.47. The van der Waals surface area contributed by atoms with Crippen molar-refractivity contribution in [2.45, 2.75) is 51.9 Å². The van der Waals surface area contributed by atoms with Crippen LogP contribution in [0.15, 0.2) is 42.1 Å². The molecule has 1 aromatic carbocycles. The zero-order valence-corrected chi connectivity index (χ0v) is 18.5. The monoisotopic (exact) mass is 447 g/mol. The summed E-state index contributed by atoms with van der Waals surface area (Å²) in [5.41, 5.74) is 8.24. The standard InChI is InChI=1S/C23H28ClF2N5/c1-14-10-22(30-29-14)28-21-7-6-19(25)20(27-21)12-16-8-9-31(15(2)11-16)13-17-4-3-5-18(24)23(17)26/h3-7,10,15-16,22,29-30H,8-9,11-13H2,1-2H3,(H,27,28)/t15-,16?,22?/m1/s1. The Labute approximate surface area is 186 Å². The van der Waals surface area contributed by atoms with Gasteiger partial charge in [-0.1, -0.05) is 23.7 Å². The highest BCUT2D eigenvalue weighted by Crippen LogP contribution is 2.29. The minimum atomic E-state index is -0.342. The van der Waals surface area contributed by atoms with Crippen molar-refractivity contribution < 1.29 is 8.78 Å². The number of anilines is 1. The molecule has 0 radical (unpaired) electrons. The van der Waals surface area contributed by atoms with E-state index < -0.39 is 0 Å². The Morgan fingerprint density at radius 1 is 1.26 bits per heavy atom. The molecule has 1 fully saturated rings.